The highest BCUT2D eigenvalue weighted by atomic mass is 19.1. The smallest absolute Gasteiger partial charge is 0.338 e. The Hall–Kier alpha value is -1.64. The third-order valence-electron chi connectivity index (χ3n) is 2.53. The largest absolute Gasteiger partial charge is 0.455 e. The van der Waals surface area contributed by atoms with Crippen molar-refractivity contribution in [1.29, 1.82) is 0 Å². The van der Waals surface area contributed by atoms with Gasteiger partial charge in [-0.3, -0.25) is 0 Å². The van der Waals surface area contributed by atoms with Gasteiger partial charge in [-0.1, -0.05) is 24.3 Å². The average Bonchev–Trinajstić information content (AvgIpc) is 2.33. The van der Waals surface area contributed by atoms with Gasteiger partial charge in [0.25, 0.3) is 0 Å². The first kappa shape index (κ1) is 10.9. The number of allylic oxidation sites excluding steroid dienone is 1. The third-order valence-corrected chi connectivity index (χ3v) is 2.53. The molecule has 0 bridgehead atoms. The molecule has 84 valence electrons. The molecule has 1 aromatic rings. The van der Waals surface area contributed by atoms with Crippen LogP contribution in [0.4, 0.5) is 4.39 Å². The van der Waals surface area contributed by atoms with Gasteiger partial charge in [0.2, 0.25) is 0 Å². The number of hydrogen-bond donors (Lipinski definition) is 0. The molecule has 0 unspecified atom stereocenters. The van der Waals surface area contributed by atoms with E-state index in [9.17, 15) is 9.18 Å². The second kappa shape index (κ2) is 4.92. The third kappa shape index (κ3) is 2.69. The van der Waals surface area contributed by atoms with Gasteiger partial charge in [-0.25, -0.2) is 9.18 Å². The summed E-state index contributed by atoms with van der Waals surface area (Å²) in [6, 6.07) is 8.81. The van der Waals surface area contributed by atoms with Crippen molar-refractivity contribution < 1.29 is 13.9 Å². The summed E-state index contributed by atoms with van der Waals surface area (Å²) in [6.45, 7) is 0. The molecule has 0 fully saturated rings. The fraction of sp³-hybridized carbons (Fsp3) is 0.308. The number of rotatable bonds is 2. The van der Waals surface area contributed by atoms with Crippen molar-refractivity contribution in [3.8, 4) is 0 Å². The zero-order chi connectivity index (χ0) is 11.4. The molecular weight excluding hydrogens is 207 g/mol. The summed E-state index contributed by atoms with van der Waals surface area (Å²) in [5.74, 6) is -0.354. The molecule has 0 saturated carbocycles. The minimum Gasteiger partial charge on any atom is -0.455 e. The molecule has 2 rings (SSSR count). The number of benzene rings is 1. The molecule has 0 amide bonds. The summed E-state index contributed by atoms with van der Waals surface area (Å²) in [5, 5.41) is 0. The van der Waals surface area contributed by atoms with E-state index in [2.05, 4.69) is 0 Å². The summed E-state index contributed by atoms with van der Waals surface area (Å²) in [6.07, 6.45) is 2.85. The van der Waals surface area contributed by atoms with Crippen LogP contribution in [0.2, 0.25) is 0 Å². The van der Waals surface area contributed by atoms with E-state index < -0.39 is 6.17 Å². The standard InChI is InChI=1S/C13H13FO2/c14-11-6-8-12(9-7-11)16-13(15)10-4-2-1-3-5-10/h1-6,8,11-12H,7,9H2/t11-,12+/m1/s1. The second-order valence-electron chi connectivity index (χ2n) is 3.79. The molecule has 16 heavy (non-hydrogen) atoms. The Kier molecular flexibility index (Phi) is 3.34. The highest BCUT2D eigenvalue weighted by Crippen LogP contribution is 2.17. The molecule has 0 N–H and O–H groups in total. The topological polar surface area (TPSA) is 26.3 Å². The van der Waals surface area contributed by atoms with Crippen LogP contribution < -0.4 is 0 Å². The monoisotopic (exact) mass is 220 g/mol. The van der Waals surface area contributed by atoms with Crippen molar-refractivity contribution in [3.63, 3.8) is 0 Å². The number of carbonyl (C=O) groups is 1. The molecule has 0 saturated heterocycles. The maximum atomic E-state index is 12.8. The maximum Gasteiger partial charge on any atom is 0.338 e. The van der Waals surface area contributed by atoms with Crippen molar-refractivity contribution in [1.82, 2.24) is 0 Å². The van der Waals surface area contributed by atoms with Crippen LogP contribution in [-0.2, 0) is 4.74 Å². The molecule has 0 radical (unpaired) electrons. The van der Waals surface area contributed by atoms with E-state index in [1.807, 2.05) is 6.07 Å². The molecule has 0 spiro atoms. The van der Waals surface area contributed by atoms with Crippen molar-refractivity contribution in [2.24, 2.45) is 0 Å². The quantitative estimate of drug-likeness (QED) is 0.566. The Balaban J connectivity index is 1.96. The van der Waals surface area contributed by atoms with E-state index in [4.69, 9.17) is 4.74 Å². The van der Waals surface area contributed by atoms with Crippen molar-refractivity contribution in [3.05, 3.63) is 48.0 Å². The Labute approximate surface area is 93.7 Å². The molecule has 1 aromatic carbocycles. The number of alkyl halides is 1. The molecule has 1 aliphatic rings. The van der Waals surface area contributed by atoms with E-state index in [1.165, 1.54) is 6.08 Å². The maximum absolute atomic E-state index is 12.8. The number of hydrogen-bond acceptors (Lipinski definition) is 2. The zero-order valence-corrected chi connectivity index (χ0v) is 8.80. The lowest BCUT2D eigenvalue weighted by Gasteiger charge is -2.18. The first-order valence-corrected chi connectivity index (χ1v) is 5.34. The van der Waals surface area contributed by atoms with Crippen molar-refractivity contribution >= 4 is 5.97 Å². The van der Waals surface area contributed by atoms with Crippen molar-refractivity contribution in [2.45, 2.75) is 25.1 Å². The first-order chi connectivity index (χ1) is 7.75. The van der Waals surface area contributed by atoms with Gasteiger partial charge in [-0.2, -0.15) is 0 Å². The normalized spacial score (nSPS) is 24.1. The number of halogens is 1. The lowest BCUT2D eigenvalue weighted by Crippen LogP contribution is -2.20. The average molecular weight is 220 g/mol. The van der Waals surface area contributed by atoms with Gasteiger partial charge in [0.15, 0.2) is 0 Å². The van der Waals surface area contributed by atoms with Crippen molar-refractivity contribution in [2.75, 3.05) is 0 Å². The van der Waals surface area contributed by atoms with E-state index in [0.29, 0.717) is 18.4 Å². The summed E-state index contributed by atoms with van der Waals surface area (Å²) < 4.78 is 18.0. The summed E-state index contributed by atoms with van der Waals surface area (Å²) >= 11 is 0. The Bertz CT molecular complexity index is 386. The van der Waals surface area contributed by atoms with Gasteiger partial charge in [-0.05, 0) is 31.1 Å². The van der Waals surface area contributed by atoms with Gasteiger partial charge >= 0.3 is 5.97 Å². The molecule has 0 aromatic heterocycles. The molecule has 0 heterocycles. The predicted molar refractivity (Wildman–Crippen MR) is 58.9 cm³/mol. The molecule has 0 aliphatic heterocycles. The minimum absolute atomic E-state index is 0.292. The molecule has 2 atom stereocenters. The van der Waals surface area contributed by atoms with Crippen LogP contribution in [0.25, 0.3) is 0 Å². The van der Waals surface area contributed by atoms with Crippen LogP contribution in [0, 0.1) is 0 Å². The van der Waals surface area contributed by atoms with Crippen LogP contribution in [0.15, 0.2) is 42.5 Å². The van der Waals surface area contributed by atoms with E-state index in [0.717, 1.165) is 0 Å². The van der Waals surface area contributed by atoms with Crippen LogP contribution >= 0.6 is 0 Å². The predicted octanol–water partition coefficient (Wildman–Crippen LogP) is 2.90. The summed E-state index contributed by atoms with van der Waals surface area (Å²) in [4.78, 5) is 11.6. The molecule has 1 aliphatic carbocycles. The van der Waals surface area contributed by atoms with E-state index in [-0.39, 0.29) is 12.1 Å². The Morgan fingerprint density at radius 1 is 1.19 bits per heavy atom. The highest BCUT2D eigenvalue weighted by Gasteiger charge is 2.18. The van der Waals surface area contributed by atoms with E-state index >= 15 is 0 Å². The molecule has 2 nitrogen and oxygen atoms in total. The van der Waals surface area contributed by atoms with Crippen LogP contribution in [0.3, 0.4) is 0 Å². The highest BCUT2D eigenvalue weighted by molar-refractivity contribution is 5.89. The summed E-state index contributed by atoms with van der Waals surface area (Å²) in [5.41, 5.74) is 0.526. The van der Waals surface area contributed by atoms with Crippen LogP contribution in [0.1, 0.15) is 23.2 Å². The zero-order valence-electron chi connectivity index (χ0n) is 8.80. The van der Waals surface area contributed by atoms with Gasteiger partial charge in [0, 0.05) is 0 Å². The Morgan fingerprint density at radius 3 is 2.56 bits per heavy atom. The second-order valence-corrected chi connectivity index (χ2v) is 3.79. The fourth-order valence-electron chi connectivity index (χ4n) is 1.64. The number of esters is 1. The first-order valence-electron chi connectivity index (χ1n) is 5.34. The molecular formula is C13H13FO2. The summed E-state index contributed by atoms with van der Waals surface area (Å²) in [7, 11) is 0. The SMILES string of the molecule is O=C(O[C@H]1C=C[C@@H](F)CC1)c1ccccc1. The molecule has 3 heteroatoms. The lowest BCUT2D eigenvalue weighted by molar-refractivity contribution is 0.0354. The van der Waals surface area contributed by atoms with Gasteiger partial charge in [0.05, 0.1) is 5.56 Å². The van der Waals surface area contributed by atoms with Crippen LogP contribution in [-0.4, -0.2) is 18.2 Å². The lowest BCUT2D eigenvalue weighted by atomic mass is 10.0. The minimum atomic E-state index is -0.897. The fourth-order valence-corrected chi connectivity index (χ4v) is 1.64. The van der Waals surface area contributed by atoms with Crippen LogP contribution in [0.5, 0.6) is 0 Å². The van der Waals surface area contributed by atoms with E-state index in [1.54, 1.807) is 30.3 Å². The Morgan fingerprint density at radius 2 is 1.94 bits per heavy atom. The number of carbonyl (C=O) groups excluding carboxylic acids is 1. The van der Waals surface area contributed by atoms with Gasteiger partial charge in [-0.15, -0.1) is 0 Å². The van der Waals surface area contributed by atoms with Gasteiger partial charge < -0.3 is 4.74 Å². The van der Waals surface area contributed by atoms with Gasteiger partial charge in [0.1, 0.15) is 12.3 Å². The number of ether oxygens (including phenoxy) is 1.